The van der Waals surface area contributed by atoms with Crippen LogP contribution in [0.25, 0.3) is 0 Å². The van der Waals surface area contributed by atoms with Gasteiger partial charge >= 0.3 is 0 Å². The predicted octanol–water partition coefficient (Wildman–Crippen LogP) is 2.97. The van der Waals surface area contributed by atoms with Gasteiger partial charge < -0.3 is 10.1 Å². The molecule has 2 heteroatoms. The topological polar surface area (TPSA) is 21.3 Å². The Morgan fingerprint density at radius 3 is 2.44 bits per heavy atom. The fourth-order valence-electron chi connectivity index (χ4n) is 2.89. The van der Waals surface area contributed by atoms with Crippen molar-refractivity contribution < 1.29 is 4.74 Å². The van der Waals surface area contributed by atoms with Gasteiger partial charge in [-0.1, -0.05) is 26.7 Å². The average Bonchev–Trinajstić information content (AvgIpc) is 3.05. The van der Waals surface area contributed by atoms with Gasteiger partial charge in [0.15, 0.2) is 0 Å². The molecule has 0 aromatic heterocycles. The van der Waals surface area contributed by atoms with Crippen molar-refractivity contribution in [3.8, 4) is 0 Å². The molecule has 2 aliphatic rings. The molecule has 0 aromatic rings. The van der Waals surface area contributed by atoms with Crippen LogP contribution in [0.5, 0.6) is 0 Å². The zero-order valence-electron chi connectivity index (χ0n) is 11.3. The van der Waals surface area contributed by atoms with E-state index in [-0.39, 0.29) is 11.0 Å². The highest BCUT2D eigenvalue weighted by Crippen LogP contribution is 2.51. The molecule has 0 saturated heterocycles. The van der Waals surface area contributed by atoms with Gasteiger partial charge in [-0.25, -0.2) is 0 Å². The number of nitrogens with one attached hydrogen (secondary N) is 1. The second-order valence-corrected chi connectivity index (χ2v) is 6.45. The quantitative estimate of drug-likeness (QED) is 0.702. The Balaban J connectivity index is 1.67. The van der Waals surface area contributed by atoms with Gasteiger partial charge in [0.25, 0.3) is 0 Å². The molecule has 2 saturated carbocycles. The van der Waals surface area contributed by atoms with Crippen molar-refractivity contribution in [1.29, 1.82) is 0 Å². The largest absolute Gasteiger partial charge is 0.378 e. The van der Waals surface area contributed by atoms with Crippen molar-refractivity contribution in [3.63, 3.8) is 0 Å². The van der Waals surface area contributed by atoms with Crippen LogP contribution in [0.2, 0.25) is 0 Å². The molecular weight excluding hydrogens is 198 g/mol. The van der Waals surface area contributed by atoms with Crippen LogP contribution < -0.4 is 5.32 Å². The van der Waals surface area contributed by atoms with Crippen LogP contribution in [0.15, 0.2) is 0 Å². The lowest BCUT2D eigenvalue weighted by molar-refractivity contribution is -0.180. The molecule has 2 fully saturated rings. The summed E-state index contributed by atoms with van der Waals surface area (Å²) in [5, 5.41) is 3.70. The van der Waals surface area contributed by atoms with E-state index in [4.69, 9.17) is 4.74 Å². The molecule has 94 valence electrons. The van der Waals surface area contributed by atoms with Crippen LogP contribution in [0, 0.1) is 11.3 Å². The van der Waals surface area contributed by atoms with E-state index in [1.165, 1.54) is 32.2 Å². The van der Waals surface area contributed by atoms with Gasteiger partial charge in [-0.05, 0) is 38.6 Å². The Hall–Kier alpha value is -0.0800. The fraction of sp³-hybridized carbons (Fsp3) is 1.00. The number of hydrogen-bond acceptors (Lipinski definition) is 2. The maximum absolute atomic E-state index is 5.63. The number of methoxy groups -OCH3 is 1. The minimum absolute atomic E-state index is 0.0706. The first-order chi connectivity index (χ1) is 7.49. The Bertz CT molecular complexity index is 247. The van der Waals surface area contributed by atoms with Crippen LogP contribution in [0.4, 0.5) is 0 Å². The summed E-state index contributed by atoms with van der Waals surface area (Å²) in [6.07, 6.45) is 6.90. The highest BCUT2D eigenvalue weighted by molar-refractivity contribution is 5.11. The van der Waals surface area contributed by atoms with E-state index in [0.717, 1.165) is 12.3 Å². The van der Waals surface area contributed by atoms with Crippen molar-refractivity contribution in [2.45, 2.75) is 64.5 Å². The van der Waals surface area contributed by atoms with Gasteiger partial charge in [-0.15, -0.1) is 0 Å². The summed E-state index contributed by atoms with van der Waals surface area (Å²) < 4.78 is 5.63. The van der Waals surface area contributed by atoms with Crippen LogP contribution in [-0.2, 0) is 4.74 Å². The van der Waals surface area contributed by atoms with Crippen LogP contribution in [-0.4, -0.2) is 25.3 Å². The lowest BCUT2D eigenvalue weighted by atomic mass is 9.56. The minimum atomic E-state index is 0.0706. The number of hydrogen-bond donors (Lipinski definition) is 1. The zero-order chi connectivity index (χ0) is 11.8. The normalized spacial score (nSPS) is 37.1. The number of rotatable bonds is 6. The molecule has 0 aliphatic heterocycles. The standard InChI is InChI=1S/C14H27NO/c1-13(2)12(10-14(13,3)16-4)15-9-5-6-11-7-8-11/h11-12,15H,5-10H2,1-4H3. The Labute approximate surface area is 100 Å². The minimum Gasteiger partial charge on any atom is -0.378 e. The number of ether oxygens (including phenoxy) is 1. The molecule has 0 radical (unpaired) electrons. The van der Waals surface area contributed by atoms with Crippen LogP contribution >= 0.6 is 0 Å². The first-order valence-electron chi connectivity index (χ1n) is 6.78. The smallest absolute Gasteiger partial charge is 0.0731 e. The predicted molar refractivity (Wildman–Crippen MR) is 67.6 cm³/mol. The summed E-state index contributed by atoms with van der Waals surface area (Å²) in [7, 11) is 1.84. The second kappa shape index (κ2) is 4.30. The van der Waals surface area contributed by atoms with E-state index in [9.17, 15) is 0 Å². The highest BCUT2D eigenvalue weighted by Gasteiger charge is 2.57. The van der Waals surface area contributed by atoms with Gasteiger partial charge in [-0.3, -0.25) is 0 Å². The van der Waals surface area contributed by atoms with E-state index in [2.05, 4.69) is 26.1 Å². The molecule has 0 bridgehead atoms. The van der Waals surface area contributed by atoms with Crippen molar-refractivity contribution in [2.24, 2.45) is 11.3 Å². The van der Waals surface area contributed by atoms with Gasteiger partial charge in [0.2, 0.25) is 0 Å². The summed E-state index contributed by atoms with van der Waals surface area (Å²) in [5.41, 5.74) is 0.336. The maximum Gasteiger partial charge on any atom is 0.0731 e. The Morgan fingerprint density at radius 2 is 1.94 bits per heavy atom. The third kappa shape index (κ3) is 2.14. The third-order valence-corrected chi connectivity index (χ3v) is 5.16. The van der Waals surface area contributed by atoms with E-state index < -0.39 is 0 Å². The molecule has 2 unspecified atom stereocenters. The lowest BCUT2D eigenvalue weighted by Gasteiger charge is -2.59. The van der Waals surface area contributed by atoms with Crippen molar-refractivity contribution in [2.75, 3.05) is 13.7 Å². The lowest BCUT2D eigenvalue weighted by Crippen LogP contribution is -2.67. The highest BCUT2D eigenvalue weighted by atomic mass is 16.5. The molecule has 2 rings (SSSR count). The van der Waals surface area contributed by atoms with Gasteiger partial charge in [0.05, 0.1) is 5.60 Å². The molecule has 2 atom stereocenters. The molecule has 2 nitrogen and oxygen atoms in total. The summed E-state index contributed by atoms with van der Waals surface area (Å²) >= 11 is 0. The summed E-state index contributed by atoms with van der Waals surface area (Å²) in [5.74, 6) is 1.07. The second-order valence-electron chi connectivity index (χ2n) is 6.45. The summed E-state index contributed by atoms with van der Waals surface area (Å²) in [6.45, 7) is 8.05. The third-order valence-electron chi connectivity index (χ3n) is 5.16. The van der Waals surface area contributed by atoms with E-state index in [1.54, 1.807) is 0 Å². The van der Waals surface area contributed by atoms with Crippen LogP contribution in [0.3, 0.4) is 0 Å². The van der Waals surface area contributed by atoms with Gasteiger partial charge in [0.1, 0.15) is 0 Å². The summed E-state index contributed by atoms with van der Waals surface area (Å²) in [6, 6.07) is 0.636. The van der Waals surface area contributed by atoms with Crippen LogP contribution in [0.1, 0.15) is 52.9 Å². The SMILES string of the molecule is COC1(C)CC(NCCCC2CC2)C1(C)C. The Kier molecular flexibility index (Phi) is 3.33. The first kappa shape index (κ1) is 12.4. The van der Waals surface area contributed by atoms with Crippen molar-refractivity contribution >= 4 is 0 Å². The summed E-state index contributed by atoms with van der Waals surface area (Å²) in [4.78, 5) is 0. The average molecular weight is 225 g/mol. The fourth-order valence-corrected chi connectivity index (χ4v) is 2.89. The van der Waals surface area contributed by atoms with Gasteiger partial charge in [-0.2, -0.15) is 0 Å². The monoisotopic (exact) mass is 225 g/mol. The van der Waals surface area contributed by atoms with Crippen molar-refractivity contribution in [3.05, 3.63) is 0 Å². The van der Waals surface area contributed by atoms with Gasteiger partial charge in [0, 0.05) is 18.6 Å². The van der Waals surface area contributed by atoms with E-state index >= 15 is 0 Å². The van der Waals surface area contributed by atoms with Crippen molar-refractivity contribution in [1.82, 2.24) is 5.32 Å². The maximum atomic E-state index is 5.63. The molecule has 1 N–H and O–H groups in total. The Morgan fingerprint density at radius 1 is 1.25 bits per heavy atom. The first-order valence-corrected chi connectivity index (χ1v) is 6.78. The molecule has 0 heterocycles. The molecular formula is C14H27NO. The molecule has 16 heavy (non-hydrogen) atoms. The molecule has 0 spiro atoms. The van der Waals surface area contributed by atoms with E-state index in [0.29, 0.717) is 6.04 Å². The van der Waals surface area contributed by atoms with E-state index in [1.807, 2.05) is 7.11 Å². The molecule has 2 aliphatic carbocycles. The molecule has 0 amide bonds. The molecule has 0 aromatic carbocycles. The zero-order valence-corrected chi connectivity index (χ0v) is 11.3.